The summed E-state index contributed by atoms with van der Waals surface area (Å²) in [5.74, 6) is -1.01. The number of allylic oxidation sites excluding steroid dienone is 2. The molecule has 0 unspecified atom stereocenters. The van der Waals surface area contributed by atoms with Gasteiger partial charge in [0.25, 0.3) is 0 Å². The SMILES string of the molecule is CCCc1ccc(-c2cc(F)c(-c3ccc(C4=CCCC4)s3)c(F)c2)cc1. The van der Waals surface area contributed by atoms with Crippen molar-refractivity contribution in [3.05, 3.63) is 76.7 Å². The van der Waals surface area contributed by atoms with Crippen LogP contribution in [-0.2, 0) is 6.42 Å². The summed E-state index contributed by atoms with van der Waals surface area (Å²) in [7, 11) is 0. The number of rotatable bonds is 5. The van der Waals surface area contributed by atoms with Gasteiger partial charge in [-0.15, -0.1) is 11.3 Å². The van der Waals surface area contributed by atoms with E-state index in [1.54, 1.807) is 0 Å². The average Bonchev–Trinajstić information content (AvgIpc) is 3.34. The zero-order valence-electron chi connectivity index (χ0n) is 15.4. The zero-order valence-corrected chi connectivity index (χ0v) is 16.2. The van der Waals surface area contributed by atoms with Gasteiger partial charge in [0.15, 0.2) is 0 Å². The standard InChI is InChI=1S/C24H22F2S/c1-2-5-16-8-10-17(11-9-16)19-14-20(25)24(21(26)15-19)23-13-12-22(27-23)18-6-3-4-7-18/h6,8-15H,2-5,7H2,1H3. The van der Waals surface area contributed by atoms with Crippen molar-refractivity contribution in [1.82, 2.24) is 0 Å². The van der Waals surface area contributed by atoms with Crippen molar-refractivity contribution in [3.8, 4) is 21.6 Å². The van der Waals surface area contributed by atoms with Crippen molar-refractivity contribution in [2.45, 2.75) is 39.0 Å². The first-order valence-electron chi connectivity index (χ1n) is 9.53. The number of aryl methyl sites for hydroxylation is 1. The molecule has 138 valence electrons. The van der Waals surface area contributed by atoms with Crippen LogP contribution in [-0.4, -0.2) is 0 Å². The van der Waals surface area contributed by atoms with Crippen LogP contribution in [0.25, 0.3) is 27.1 Å². The topological polar surface area (TPSA) is 0 Å². The normalized spacial score (nSPS) is 13.8. The lowest BCUT2D eigenvalue weighted by molar-refractivity contribution is 0.591. The van der Waals surface area contributed by atoms with Crippen LogP contribution in [0.1, 0.15) is 43.0 Å². The first-order chi connectivity index (χ1) is 13.2. The van der Waals surface area contributed by atoms with E-state index in [2.05, 4.69) is 13.0 Å². The Bertz CT molecular complexity index is 957. The van der Waals surface area contributed by atoms with E-state index in [4.69, 9.17) is 0 Å². The van der Waals surface area contributed by atoms with E-state index in [-0.39, 0.29) is 5.56 Å². The van der Waals surface area contributed by atoms with E-state index in [0.717, 1.165) is 42.5 Å². The fraction of sp³-hybridized carbons (Fsp3) is 0.250. The summed E-state index contributed by atoms with van der Waals surface area (Å²) in [6.45, 7) is 2.14. The molecule has 0 saturated carbocycles. The van der Waals surface area contributed by atoms with E-state index >= 15 is 0 Å². The zero-order chi connectivity index (χ0) is 18.8. The van der Waals surface area contributed by atoms with Gasteiger partial charge in [-0.05, 0) is 72.2 Å². The predicted octanol–water partition coefficient (Wildman–Crippen LogP) is 7.88. The van der Waals surface area contributed by atoms with Gasteiger partial charge in [0, 0.05) is 9.75 Å². The molecule has 0 radical (unpaired) electrons. The highest BCUT2D eigenvalue weighted by atomic mass is 32.1. The Balaban J connectivity index is 1.66. The molecule has 1 aromatic heterocycles. The minimum absolute atomic E-state index is 0.0798. The van der Waals surface area contributed by atoms with Crippen molar-refractivity contribution < 1.29 is 8.78 Å². The Morgan fingerprint density at radius 2 is 1.59 bits per heavy atom. The predicted molar refractivity (Wildman–Crippen MR) is 111 cm³/mol. The summed E-state index contributed by atoms with van der Waals surface area (Å²) >= 11 is 1.47. The number of halogens is 2. The van der Waals surface area contributed by atoms with Crippen LogP contribution in [0.5, 0.6) is 0 Å². The molecule has 27 heavy (non-hydrogen) atoms. The van der Waals surface area contributed by atoms with Crippen LogP contribution < -0.4 is 0 Å². The second kappa shape index (κ2) is 7.77. The maximum Gasteiger partial charge on any atom is 0.135 e. The molecule has 2 aromatic carbocycles. The Morgan fingerprint density at radius 3 is 2.22 bits per heavy atom. The number of hydrogen-bond donors (Lipinski definition) is 0. The van der Waals surface area contributed by atoms with Crippen molar-refractivity contribution in [3.63, 3.8) is 0 Å². The molecule has 1 aliphatic rings. The first kappa shape index (κ1) is 18.1. The number of thiophene rings is 1. The Hall–Kier alpha value is -2.26. The fourth-order valence-electron chi connectivity index (χ4n) is 3.67. The summed E-state index contributed by atoms with van der Waals surface area (Å²) in [5, 5.41) is 0. The van der Waals surface area contributed by atoms with Crippen molar-refractivity contribution >= 4 is 16.9 Å². The van der Waals surface area contributed by atoms with E-state index in [1.165, 1.54) is 34.6 Å². The largest absolute Gasteiger partial charge is 0.206 e. The van der Waals surface area contributed by atoms with Crippen molar-refractivity contribution in [2.24, 2.45) is 0 Å². The van der Waals surface area contributed by atoms with Gasteiger partial charge in [-0.25, -0.2) is 8.78 Å². The molecule has 0 aliphatic heterocycles. The molecule has 0 N–H and O–H groups in total. The van der Waals surface area contributed by atoms with Gasteiger partial charge >= 0.3 is 0 Å². The second-order valence-electron chi connectivity index (χ2n) is 7.05. The molecule has 0 saturated heterocycles. The van der Waals surface area contributed by atoms with Crippen LogP contribution in [0.15, 0.2) is 54.6 Å². The maximum absolute atomic E-state index is 14.8. The maximum atomic E-state index is 14.8. The highest BCUT2D eigenvalue weighted by Gasteiger charge is 2.17. The van der Waals surface area contributed by atoms with E-state index in [9.17, 15) is 8.78 Å². The Labute approximate surface area is 163 Å². The van der Waals surface area contributed by atoms with Gasteiger partial charge in [0.05, 0.1) is 5.56 Å². The number of benzene rings is 2. The molecule has 0 atom stereocenters. The molecule has 1 aliphatic carbocycles. The average molecular weight is 381 g/mol. The van der Waals surface area contributed by atoms with Crippen molar-refractivity contribution in [2.75, 3.05) is 0 Å². The lowest BCUT2D eigenvalue weighted by Crippen LogP contribution is -1.91. The van der Waals surface area contributed by atoms with Crippen molar-refractivity contribution in [1.29, 1.82) is 0 Å². The molecule has 0 spiro atoms. The monoisotopic (exact) mass is 380 g/mol. The molecule has 0 amide bonds. The van der Waals surface area contributed by atoms with Crippen LogP contribution in [0, 0.1) is 11.6 Å². The summed E-state index contributed by atoms with van der Waals surface area (Å²) in [6.07, 6.45) is 7.63. The van der Waals surface area contributed by atoms with Gasteiger partial charge in [-0.3, -0.25) is 0 Å². The lowest BCUT2D eigenvalue weighted by atomic mass is 10.00. The lowest BCUT2D eigenvalue weighted by Gasteiger charge is -2.08. The van der Waals surface area contributed by atoms with Gasteiger partial charge in [0.1, 0.15) is 11.6 Å². The van der Waals surface area contributed by atoms with E-state index in [0.29, 0.717) is 10.4 Å². The van der Waals surface area contributed by atoms with E-state index < -0.39 is 11.6 Å². The quantitative estimate of drug-likeness (QED) is 0.422. The fourth-order valence-corrected chi connectivity index (χ4v) is 4.79. The molecular formula is C24H22F2S. The minimum Gasteiger partial charge on any atom is -0.206 e. The summed E-state index contributed by atoms with van der Waals surface area (Å²) in [4.78, 5) is 1.77. The highest BCUT2D eigenvalue weighted by molar-refractivity contribution is 7.16. The Kier molecular flexibility index (Phi) is 5.22. The van der Waals surface area contributed by atoms with Crippen LogP contribution >= 0.6 is 11.3 Å². The second-order valence-corrected chi connectivity index (χ2v) is 8.13. The molecule has 0 nitrogen and oxygen atoms in total. The molecule has 0 bridgehead atoms. The van der Waals surface area contributed by atoms with Crippen LogP contribution in [0.3, 0.4) is 0 Å². The minimum atomic E-state index is -0.503. The molecule has 4 rings (SSSR count). The Morgan fingerprint density at radius 1 is 0.889 bits per heavy atom. The van der Waals surface area contributed by atoms with Crippen LogP contribution in [0.2, 0.25) is 0 Å². The molecule has 3 heteroatoms. The molecule has 1 heterocycles. The van der Waals surface area contributed by atoms with Gasteiger partial charge in [0.2, 0.25) is 0 Å². The van der Waals surface area contributed by atoms with Gasteiger partial charge in [-0.1, -0.05) is 43.7 Å². The third kappa shape index (κ3) is 3.74. The summed E-state index contributed by atoms with van der Waals surface area (Å²) in [5.41, 5.74) is 4.03. The van der Waals surface area contributed by atoms with Gasteiger partial charge < -0.3 is 0 Å². The summed E-state index contributed by atoms with van der Waals surface area (Å²) in [6, 6.07) is 14.6. The third-order valence-electron chi connectivity index (χ3n) is 5.08. The van der Waals surface area contributed by atoms with E-state index in [1.807, 2.05) is 36.4 Å². The molecule has 0 fully saturated rings. The van der Waals surface area contributed by atoms with Gasteiger partial charge in [-0.2, -0.15) is 0 Å². The number of hydrogen-bond acceptors (Lipinski definition) is 1. The highest BCUT2D eigenvalue weighted by Crippen LogP contribution is 2.39. The third-order valence-corrected chi connectivity index (χ3v) is 6.26. The summed E-state index contributed by atoms with van der Waals surface area (Å²) < 4.78 is 29.6. The molecule has 3 aromatic rings. The smallest absolute Gasteiger partial charge is 0.135 e. The van der Waals surface area contributed by atoms with Crippen LogP contribution in [0.4, 0.5) is 8.78 Å². The molecular weight excluding hydrogens is 358 g/mol. The first-order valence-corrected chi connectivity index (χ1v) is 10.4.